The van der Waals surface area contributed by atoms with Gasteiger partial charge in [-0.05, 0) is 45.3 Å². The number of nitrogens with zero attached hydrogens (tertiary/aromatic N) is 3. The van der Waals surface area contributed by atoms with Crippen molar-refractivity contribution in [1.29, 1.82) is 0 Å². The fourth-order valence-corrected chi connectivity index (χ4v) is 2.05. The summed E-state index contributed by atoms with van der Waals surface area (Å²) in [5, 5.41) is 0.524. The highest BCUT2D eigenvalue weighted by molar-refractivity contribution is 5.81. The van der Waals surface area contributed by atoms with Crippen molar-refractivity contribution in [2.24, 2.45) is 0 Å². The van der Waals surface area contributed by atoms with E-state index in [0.717, 1.165) is 19.5 Å². The molecule has 0 amide bonds. The Morgan fingerprint density at radius 2 is 2.00 bits per heavy atom. The number of nitrogens with two attached hydrogens (primary N) is 1. The molecule has 6 nitrogen and oxygen atoms in total. The molecule has 6 heteroatoms. The van der Waals surface area contributed by atoms with Crippen LogP contribution in [0.2, 0.25) is 0 Å². The van der Waals surface area contributed by atoms with Crippen LogP contribution in [0.15, 0.2) is 23.0 Å². The average molecular weight is 275 g/mol. The topological polar surface area (TPSA) is 78.2 Å². The lowest BCUT2D eigenvalue weighted by atomic mass is 10.2. The summed E-state index contributed by atoms with van der Waals surface area (Å²) in [6.07, 6.45) is 1.01. The maximum Gasteiger partial charge on any atom is 0.260 e. The fourth-order valence-electron chi connectivity index (χ4n) is 2.05. The normalized spacial score (nSPS) is 11.2. The summed E-state index contributed by atoms with van der Waals surface area (Å²) in [5.74, 6) is 0.589. The zero-order valence-electron chi connectivity index (χ0n) is 12.2. The lowest BCUT2D eigenvalue weighted by Crippen LogP contribution is -2.26. The Morgan fingerprint density at radius 3 is 2.70 bits per heavy atom. The van der Waals surface area contributed by atoms with E-state index in [0.29, 0.717) is 22.5 Å². The Kier molecular flexibility index (Phi) is 4.24. The monoisotopic (exact) mass is 275 g/mol. The number of fused-ring (bicyclic) bond motifs is 1. The number of hydrogen-bond donors (Lipinski definition) is 2. The quantitative estimate of drug-likeness (QED) is 0.792. The minimum Gasteiger partial charge on any atom is -0.399 e. The zero-order valence-corrected chi connectivity index (χ0v) is 12.2. The van der Waals surface area contributed by atoms with Gasteiger partial charge in [0.15, 0.2) is 0 Å². The summed E-state index contributed by atoms with van der Waals surface area (Å²) in [5.41, 5.74) is 6.76. The Balaban J connectivity index is 2.22. The van der Waals surface area contributed by atoms with Gasteiger partial charge in [-0.25, -0.2) is 4.98 Å². The fraction of sp³-hybridized carbons (Fsp3) is 0.429. The molecule has 0 radical (unpaired) electrons. The summed E-state index contributed by atoms with van der Waals surface area (Å²) in [6, 6.07) is 5.18. The predicted molar refractivity (Wildman–Crippen MR) is 83.2 cm³/mol. The molecular formula is C14H21N5O. The molecule has 0 saturated carbocycles. The van der Waals surface area contributed by atoms with Crippen LogP contribution >= 0.6 is 0 Å². The van der Waals surface area contributed by atoms with Crippen LogP contribution in [0.25, 0.3) is 10.9 Å². The van der Waals surface area contributed by atoms with E-state index in [1.165, 1.54) is 0 Å². The van der Waals surface area contributed by atoms with E-state index >= 15 is 0 Å². The van der Waals surface area contributed by atoms with Crippen molar-refractivity contribution in [2.45, 2.75) is 6.42 Å². The Bertz CT molecular complexity index is 650. The van der Waals surface area contributed by atoms with Gasteiger partial charge in [-0.15, -0.1) is 0 Å². The molecule has 0 aliphatic carbocycles. The number of nitrogens with one attached hydrogen (secondary N) is 1. The summed E-state index contributed by atoms with van der Waals surface area (Å²) >= 11 is 0. The number of aromatic nitrogens is 2. The maximum atomic E-state index is 12.1. The molecule has 0 bridgehead atoms. The van der Waals surface area contributed by atoms with E-state index < -0.39 is 0 Å². The van der Waals surface area contributed by atoms with Gasteiger partial charge in [-0.2, -0.15) is 0 Å². The second-order valence-electron chi connectivity index (χ2n) is 5.24. The van der Waals surface area contributed by atoms with Gasteiger partial charge in [-0.1, -0.05) is 0 Å². The molecule has 1 aromatic heterocycles. The number of nitrogen functional groups attached to an aromatic ring is 1. The molecule has 0 spiro atoms. The molecule has 0 saturated heterocycles. The van der Waals surface area contributed by atoms with Crippen LogP contribution in [-0.4, -0.2) is 49.1 Å². The van der Waals surface area contributed by atoms with Crippen molar-refractivity contribution in [1.82, 2.24) is 14.9 Å². The highest BCUT2D eigenvalue weighted by atomic mass is 16.1. The third kappa shape index (κ3) is 3.27. The van der Waals surface area contributed by atoms with Crippen LogP contribution in [0.4, 0.5) is 11.6 Å². The third-order valence-corrected chi connectivity index (χ3v) is 3.18. The van der Waals surface area contributed by atoms with Gasteiger partial charge in [0, 0.05) is 19.3 Å². The first kappa shape index (κ1) is 14.3. The van der Waals surface area contributed by atoms with E-state index in [1.54, 1.807) is 18.2 Å². The van der Waals surface area contributed by atoms with E-state index in [-0.39, 0.29) is 5.56 Å². The Morgan fingerprint density at radius 1 is 1.25 bits per heavy atom. The number of hydrogen-bond acceptors (Lipinski definition) is 5. The molecule has 2 aromatic rings. The van der Waals surface area contributed by atoms with Gasteiger partial charge in [0.05, 0.1) is 10.9 Å². The van der Waals surface area contributed by atoms with E-state index in [1.807, 2.05) is 26.0 Å². The van der Waals surface area contributed by atoms with Crippen LogP contribution in [0.3, 0.4) is 0 Å². The second-order valence-corrected chi connectivity index (χ2v) is 5.24. The van der Waals surface area contributed by atoms with Gasteiger partial charge in [0.2, 0.25) is 5.95 Å². The van der Waals surface area contributed by atoms with Crippen molar-refractivity contribution in [3.63, 3.8) is 0 Å². The number of rotatable bonds is 5. The van der Waals surface area contributed by atoms with Crippen LogP contribution in [0, 0.1) is 0 Å². The highest BCUT2D eigenvalue weighted by Gasteiger charge is 2.08. The molecule has 3 N–H and O–H groups in total. The number of aromatic amines is 1. The summed E-state index contributed by atoms with van der Waals surface area (Å²) in [7, 11) is 6.01. The third-order valence-electron chi connectivity index (χ3n) is 3.18. The zero-order chi connectivity index (χ0) is 14.7. The maximum absolute atomic E-state index is 12.1. The molecule has 0 aliphatic rings. The lowest BCUT2D eigenvalue weighted by Gasteiger charge is -2.19. The number of anilines is 2. The first-order valence-electron chi connectivity index (χ1n) is 6.63. The van der Waals surface area contributed by atoms with Gasteiger partial charge in [-0.3, -0.25) is 9.78 Å². The van der Waals surface area contributed by atoms with Crippen LogP contribution < -0.4 is 16.2 Å². The first-order valence-corrected chi connectivity index (χ1v) is 6.63. The van der Waals surface area contributed by atoms with Crippen LogP contribution in [0.1, 0.15) is 6.42 Å². The van der Waals surface area contributed by atoms with Gasteiger partial charge >= 0.3 is 0 Å². The second kappa shape index (κ2) is 5.92. The first-order chi connectivity index (χ1) is 9.47. The molecule has 0 atom stereocenters. The van der Waals surface area contributed by atoms with Crippen LogP contribution in [-0.2, 0) is 0 Å². The SMILES string of the molecule is CN(C)CCCN(C)c1nc2ccc(N)cc2c(=O)[nH]1. The van der Waals surface area contributed by atoms with Crippen molar-refractivity contribution in [3.05, 3.63) is 28.6 Å². The molecular weight excluding hydrogens is 254 g/mol. The van der Waals surface area contributed by atoms with Crippen molar-refractivity contribution in [2.75, 3.05) is 44.9 Å². The van der Waals surface area contributed by atoms with Crippen molar-refractivity contribution >= 4 is 22.5 Å². The van der Waals surface area contributed by atoms with Gasteiger partial charge in [0.1, 0.15) is 0 Å². The van der Waals surface area contributed by atoms with E-state index in [9.17, 15) is 4.79 Å². The molecule has 0 aliphatic heterocycles. The van der Waals surface area contributed by atoms with Gasteiger partial charge in [0.25, 0.3) is 5.56 Å². The smallest absolute Gasteiger partial charge is 0.260 e. The predicted octanol–water partition coefficient (Wildman–Crippen LogP) is 0.893. The summed E-state index contributed by atoms with van der Waals surface area (Å²) < 4.78 is 0. The van der Waals surface area contributed by atoms with Gasteiger partial charge < -0.3 is 15.5 Å². The van der Waals surface area contributed by atoms with Crippen molar-refractivity contribution < 1.29 is 0 Å². The number of H-pyrrole nitrogens is 1. The summed E-state index contributed by atoms with van der Waals surface area (Å²) in [4.78, 5) is 23.4. The van der Waals surface area contributed by atoms with Crippen molar-refractivity contribution in [3.8, 4) is 0 Å². The van der Waals surface area contributed by atoms with E-state index in [4.69, 9.17) is 5.73 Å². The molecule has 20 heavy (non-hydrogen) atoms. The molecule has 108 valence electrons. The molecule has 0 unspecified atom stereocenters. The molecule has 0 fully saturated rings. The number of benzene rings is 1. The minimum absolute atomic E-state index is 0.156. The largest absolute Gasteiger partial charge is 0.399 e. The van der Waals surface area contributed by atoms with E-state index in [2.05, 4.69) is 14.9 Å². The molecule has 2 rings (SSSR count). The standard InChI is InChI=1S/C14H21N5O/c1-18(2)7-4-8-19(3)14-16-12-6-5-10(15)9-11(12)13(20)17-14/h5-6,9H,4,7-8,15H2,1-3H3,(H,16,17,20). The lowest BCUT2D eigenvalue weighted by molar-refractivity contribution is 0.401. The summed E-state index contributed by atoms with van der Waals surface area (Å²) in [6.45, 7) is 1.83. The Hall–Kier alpha value is -2.08. The Labute approximate surface area is 118 Å². The highest BCUT2D eigenvalue weighted by Crippen LogP contribution is 2.14. The minimum atomic E-state index is -0.156. The molecule has 1 heterocycles. The van der Waals surface area contributed by atoms with Crippen LogP contribution in [0.5, 0.6) is 0 Å². The molecule has 1 aromatic carbocycles. The average Bonchev–Trinajstić information content (AvgIpc) is 2.38.